The van der Waals surface area contributed by atoms with E-state index in [2.05, 4.69) is 29.0 Å². The third kappa shape index (κ3) is 8.28. The third-order valence-electron chi connectivity index (χ3n) is 5.62. The molecular weight excluding hydrogens is 506 g/mol. The zero-order valence-corrected chi connectivity index (χ0v) is 23.2. The summed E-state index contributed by atoms with van der Waals surface area (Å²) in [6.45, 7) is 5.33. The van der Waals surface area contributed by atoms with E-state index >= 15 is 0 Å². The maximum Gasteiger partial charge on any atom is 0.337 e. The average molecular weight is 540 g/mol. The van der Waals surface area contributed by atoms with Crippen molar-refractivity contribution in [2.24, 2.45) is 0 Å². The Morgan fingerprint density at radius 2 is 1.38 bits per heavy atom. The van der Waals surface area contributed by atoms with Gasteiger partial charge in [-0.1, -0.05) is 60.7 Å². The Kier molecular flexibility index (Phi) is 9.70. The van der Waals surface area contributed by atoms with Crippen molar-refractivity contribution in [3.05, 3.63) is 95.1 Å². The number of hydrogen-bond donors (Lipinski definition) is 1. The Morgan fingerprint density at radius 1 is 0.892 bits per heavy atom. The van der Waals surface area contributed by atoms with Crippen molar-refractivity contribution < 1.29 is 22.7 Å². The first kappa shape index (κ1) is 28.6. The van der Waals surface area contributed by atoms with E-state index in [-0.39, 0.29) is 12.4 Å². The zero-order chi connectivity index (χ0) is 27.1. The van der Waals surface area contributed by atoms with Gasteiger partial charge in [0.1, 0.15) is 11.5 Å². The van der Waals surface area contributed by atoms with E-state index in [1.807, 2.05) is 24.3 Å². The van der Waals surface area contributed by atoms with Crippen molar-refractivity contribution in [3.8, 4) is 11.1 Å². The van der Waals surface area contributed by atoms with Crippen LogP contribution in [-0.4, -0.2) is 33.3 Å². The summed E-state index contributed by atoms with van der Waals surface area (Å²) in [6, 6.07) is 23.1. The number of aldehydes is 1. The van der Waals surface area contributed by atoms with Crippen LogP contribution in [0.2, 0.25) is 0 Å². The van der Waals surface area contributed by atoms with Crippen LogP contribution in [0.1, 0.15) is 59.5 Å². The first-order chi connectivity index (χ1) is 17.5. The van der Waals surface area contributed by atoms with E-state index in [4.69, 9.17) is 4.74 Å². The summed E-state index contributed by atoms with van der Waals surface area (Å²) in [5, 5.41) is -0.916. The third-order valence-corrected chi connectivity index (χ3v) is 8.80. The van der Waals surface area contributed by atoms with Crippen LogP contribution >= 0.6 is 11.8 Å². The Morgan fingerprint density at radius 3 is 1.84 bits per heavy atom. The molecule has 196 valence electrons. The molecule has 0 heterocycles. The number of carbonyl (C=O) groups excluding carboxylic acids is 2. The summed E-state index contributed by atoms with van der Waals surface area (Å²) in [6.07, 6.45) is 0.559. The van der Waals surface area contributed by atoms with Gasteiger partial charge < -0.3 is 9.53 Å². The number of hydrogen-bond acceptors (Lipinski definition) is 6. The number of carbonyl (C=O) groups is 2. The quantitative estimate of drug-likeness (QED) is 0.240. The van der Waals surface area contributed by atoms with Crippen LogP contribution in [0.15, 0.2) is 72.8 Å². The van der Waals surface area contributed by atoms with Crippen LogP contribution < -0.4 is 4.72 Å². The molecule has 1 unspecified atom stereocenters. The summed E-state index contributed by atoms with van der Waals surface area (Å²) in [7, 11) is -2.33. The van der Waals surface area contributed by atoms with Gasteiger partial charge in [0.25, 0.3) is 0 Å². The van der Waals surface area contributed by atoms with Crippen molar-refractivity contribution in [3.63, 3.8) is 0 Å². The second-order valence-electron chi connectivity index (χ2n) is 9.79. The summed E-state index contributed by atoms with van der Waals surface area (Å²) < 4.78 is 33.1. The zero-order valence-electron chi connectivity index (χ0n) is 21.6. The van der Waals surface area contributed by atoms with Gasteiger partial charge in [0.05, 0.1) is 12.7 Å². The lowest BCUT2D eigenvalue weighted by Gasteiger charge is -2.25. The minimum absolute atomic E-state index is 0.0923. The summed E-state index contributed by atoms with van der Waals surface area (Å²) in [4.78, 5) is 22.8. The van der Waals surface area contributed by atoms with Gasteiger partial charge in [0.15, 0.2) is 0 Å². The van der Waals surface area contributed by atoms with Crippen molar-refractivity contribution in [1.82, 2.24) is 4.72 Å². The molecule has 37 heavy (non-hydrogen) atoms. The number of ether oxygens (including phenoxy) is 1. The molecule has 1 N–H and O–H groups in total. The highest BCUT2D eigenvalue weighted by atomic mass is 32.2. The monoisotopic (exact) mass is 539 g/mol. The second kappa shape index (κ2) is 12.5. The summed E-state index contributed by atoms with van der Waals surface area (Å²) in [5.74, 6) is 1.26. The topological polar surface area (TPSA) is 89.5 Å². The second-order valence-corrected chi connectivity index (χ2v) is 12.6. The van der Waals surface area contributed by atoms with E-state index in [0.29, 0.717) is 17.4 Å². The number of nitrogens with one attached hydrogen (secondary N) is 1. The predicted octanol–water partition coefficient (Wildman–Crippen LogP) is 5.92. The van der Waals surface area contributed by atoms with Crippen LogP contribution in [0.3, 0.4) is 0 Å². The molecule has 0 aromatic heterocycles. The molecule has 0 amide bonds. The predicted molar refractivity (Wildman–Crippen MR) is 150 cm³/mol. The largest absolute Gasteiger partial charge is 0.465 e. The molecule has 0 spiro atoms. The van der Waals surface area contributed by atoms with E-state index in [0.717, 1.165) is 28.2 Å². The highest BCUT2D eigenvalue weighted by Gasteiger charge is 2.30. The number of sulfonamides is 1. The van der Waals surface area contributed by atoms with Crippen LogP contribution in [0.5, 0.6) is 0 Å². The molecule has 0 bridgehead atoms. The maximum atomic E-state index is 12.8. The van der Waals surface area contributed by atoms with E-state index < -0.39 is 20.8 Å². The minimum Gasteiger partial charge on any atom is -0.465 e. The van der Waals surface area contributed by atoms with Gasteiger partial charge in [-0.3, -0.25) is 0 Å². The lowest BCUT2D eigenvalue weighted by molar-refractivity contribution is -0.107. The number of thioether (sulfide) groups is 1. The molecule has 0 aliphatic heterocycles. The lowest BCUT2D eigenvalue weighted by atomic mass is 10.0. The smallest absolute Gasteiger partial charge is 0.337 e. The van der Waals surface area contributed by atoms with E-state index in [9.17, 15) is 18.0 Å². The summed E-state index contributed by atoms with van der Waals surface area (Å²) in [5.41, 5.74) is 4.89. The van der Waals surface area contributed by atoms with Crippen LogP contribution in [0.25, 0.3) is 11.1 Å². The highest BCUT2D eigenvalue weighted by Crippen LogP contribution is 2.28. The Balaban J connectivity index is 1.58. The first-order valence-corrected chi connectivity index (χ1v) is 14.6. The fourth-order valence-corrected chi connectivity index (χ4v) is 6.65. The SMILES string of the molecule is COC(=O)c1ccc(-c2ccc(CSCc3ccc(C(CC=O)S(=O)(=O)NC(C)(C)C)cc3)cc2)cc1. The Bertz CT molecular complexity index is 1290. The molecule has 1 atom stereocenters. The Hall–Kier alpha value is -2.94. The highest BCUT2D eigenvalue weighted by molar-refractivity contribution is 7.97. The van der Waals surface area contributed by atoms with Gasteiger partial charge in [-0.05, 0) is 60.7 Å². The lowest BCUT2D eigenvalue weighted by Crippen LogP contribution is -2.42. The van der Waals surface area contributed by atoms with E-state index in [1.54, 1.807) is 56.8 Å². The molecule has 3 aromatic carbocycles. The number of methoxy groups -OCH3 is 1. The van der Waals surface area contributed by atoms with Crippen molar-refractivity contribution >= 4 is 34.0 Å². The molecule has 0 aliphatic carbocycles. The molecule has 0 saturated carbocycles. The Labute approximate surface area is 223 Å². The number of rotatable bonds is 11. The van der Waals surface area contributed by atoms with E-state index in [1.165, 1.54) is 12.7 Å². The molecule has 0 aliphatic rings. The molecule has 3 rings (SSSR count). The van der Waals surface area contributed by atoms with Gasteiger partial charge in [0.2, 0.25) is 10.0 Å². The maximum absolute atomic E-state index is 12.8. The van der Waals surface area contributed by atoms with Gasteiger partial charge in [0, 0.05) is 23.5 Å². The molecular formula is C29H33NO5S2. The number of esters is 1. The number of benzene rings is 3. The van der Waals surface area contributed by atoms with Crippen LogP contribution in [0.4, 0.5) is 0 Å². The molecule has 0 fully saturated rings. The van der Waals surface area contributed by atoms with Crippen LogP contribution in [0, 0.1) is 0 Å². The summed E-state index contributed by atoms with van der Waals surface area (Å²) >= 11 is 1.77. The van der Waals surface area contributed by atoms with Crippen molar-refractivity contribution in [2.45, 2.75) is 49.5 Å². The standard InChI is InChI=1S/C29H33NO5S2/c1-29(2,3)30-37(33,34)27(17-18-31)25-11-7-22(8-12-25)20-36-19-21-5-9-23(10-6-21)24-13-15-26(16-14-24)28(32)35-4/h5-16,18,27,30H,17,19-20H2,1-4H3. The minimum atomic E-state index is -3.70. The average Bonchev–Trinajstić information content (AvgIpc) is 2.86. The molecule has 0 radical (unpaired) electrons. The normalized spacial score (nSPS) is 12.6. The molecule has 6 nitrogen and oxygen atoms in total. The van der Waals surface area contributed by atoms with Gasteiger partial charge in [-0.25, -0.2) is 17.9 Å². The van der Waals surface area contributed by atoms with Crippen molar-refractivity contribution in [2.75, 3.05) is 7.11 Å². The van der Waals surface area contributed by atoms with Crippen molar-refractivity contribution in [1.29, 1.82) is 0 Å². The fraction of sp³-hybridized carbons (Fsp3) is 0.310. The van der Waals surface area contributed by atoms with Gasteiger partial charge >= 0.3 is 5.97 Å². The fourth-order valence-electron chi connectivity index (χ4n) is 3.85. The first-order valence-electron chi connectivity index (χ1n) is 11.9. The van der Waals surface area contributed by atoms with Gasteiger partial charge in [-0.2, -0.15) is 11.8 Å². The molecule has 8 heteroatoms. The molecule has 0 saturated heterocycles. The molecule has 3 aromatic rings. The van der Waals surface area contributed by atoms with Crippen LogP contribution in [-0.2, 0) is 31.1 Å². The van der Waals surface area contributed by atoms with Gasteiger partial charge in [-0.15, -0.1) is 0 Å².